The zero-order valence-electron chi connectivity index (χ0n) is 12.2. The lowest BCUT2D eigenvalue weighted by Crippen LogP contribution is -2.51. The second-order valence-corrected chi connectivity index (χ2v) is 5.24. The lowest BCUT2D eigenvalue weighted by Gasteiger charge is -2.34. The van der Waals surface area contributed by atoms with Gasteiger partial charge in [0.15, 0.2) is 6.10 Å². The molecular weight excluding hydrogens is 270 g/mol. The quantitative estimate of drug-likeness (QED) is 0.875. The summed E-state index contributed by atoms with van der Waals surface area (Å²) in [5.74, 6) is -0.175. The maximum absolute atomic E-state index is 12.5. The molecule has 6 heteroatoms. The van der Waals surface area contributed by atoms with Crippen molar-refractivity contribution in [2.45, 2.75) is 12.5 Å². The summed E-state index contributed by atoms with van der Waals surface area (Å²) in [7, 11) is 2.02. The third kappa shape index (κ3) is 4.46. The highest BCUT2D eigenvalue weighted by atomic mass is 16.6. The number of piperazine rings is 1. The zero-order chi connectivity index (χ0) is 15.2. The summed E-state index contributed by atoms with van der Waals surface area (Å²) >= 11 is 0. The molecule has 2 amide bonds. The highest BCUT2D eigenvalue weighted by Crippen LogP contribution is 2.11. The van der Waals surface area contributed by atoms with Crippen molar-refractivity contribution in [2.75, 3.05) is 33.2 Å². The van der Waals surface area contributed by atoms with E-state index in [1.165, 1.54) is 0 Å². The van der Waals surface area contributed by atoms with Crippen LogP contribution in [0, 0.1) is 0 Å². The van der Waals surface area contributed by atoms with Gasteiger partial charge in [0.1, 0.15) is 0 Å². The molecule has 2 N–H and O–H groups in total. The lowest BCUT2D eigenvalue weighted by molar-refractivity contribution is -0.141. The van der Waals surface area contributed by atoms with Gasteiger partial charge in [-0.15, -0.1) is 0 Å². The van der Waals surface area contributed by atoms with Crippen LogP contribution in [0.15, 0.2) is 30.3 Å². The van der Waals surface area contributed by atoms with E-state index in [1.807, 2.05) is 37.4 Å². The number of amides is 2. The van der Waals surface area contributed by atoms with Crippen LogP contribution < -0.4 is 5.73 Å². The Kier molecular flexibility index (Phi) is 5.16. The minimum absolute atomic E-state index is 0.175. The molecule has 0 bridgehead atoms. The molecule has 1 fully saturated rings. The first kappa shape index (κ1) is 15.3. The number of primary amides is 1. The Labute approximate surface area is 124 Å². The number of carbonyl (C=O) groups is 2. The van der Waals surface area contributed by atoms with Crippen LogP contribution >= 0.6 is 0 Å². The van der Waals surface area contributed by atoms with Crippen LogP contribution in [0.25, 0.3) is 0 Å². The number of hydrogen-bond donors (Lipinski definition) is 1. The molecule has 0 spiro atoms. The molecule has 1 aromatic carbocycles. The van der Waals surface area contributed by atoms with Crippen molar-refractivity contribution in [3.63, 3.8) is 0 Å². The molecule has 1 atom stereocenters. The molecule has 1 unspecified atom stereocenters. The Morgan fingerprint density at radius 2 is 1.81 bits per heavy atom. The van der Waals surface area contributed by atoms with E-state index in [-0.39, 0.29) is 5.91 Å². The van der Waals surface area contributed by atoms with Crippen molar-refractivity contribution in [2.24, 2.45) is 5.73 Å². The van der Waals surface area contributed by atoms with Crippen LogP contribution in [0.5, 0.6) is 0 Å². The van der Waals surface area contributed by atoms with Gasteiger partial charge in [-0.05, 0) is 12.6 Å². The average molecular weight is 291 g/mol. The van der Waals surface area contributed by atoms with Crippen molar-refractivity contribution in [1.82, 2.24) is 9.80 Å². The molecule has 1 aliphatic rings. The number of rotatable bonds is 4. The largest absolute Gasteiger partial charge is 0.436 e. The minimum atomic E-state index is -0.918. The summed E-state index contributed by atoms with van der Waals surface area (Å²) < 4.78 is 5.03. The maximum atomic E-state index is 12.5. The summed E-state index contributed by atoms with van der Waals surface area (Å²) in [5.41, 5.74) is 6.03. The van der Waals surface area contributed by atoms with Crippen molar-refractivity contribution >= 4 is 12.0 Å². The summed E-state index contributed by atoms with van der Waals surface area (Å²) in [5, 5.41) is 0. The fraction of sp³-hybridized carbons (Fsp3) is 0.467. The normalized spacial score (nSPS) is 17.3. The van der Waals surface area contributed by atoms with Gasteiger partial charge in [0.2, 0.25) is 0 Å². The van der Waals surface area contributed by atoms with E-state index in [9.17, 15) is 9.59 Å². The van der Waals surface area contributed by atoms with Crippen LogP contribution in [0.3, 0.4) is 0 Å². The molecule has 1 aromatic rings. The van der Waals surface area contributed by atoms with Crippen molar-refractivity contribution in [3.05, 3.63) is 35.9 Å². The number of nitrogens with two attached hydrogens (primary N) is 1. The molecular formula is C15H21N3O3. The third-order valence-corrected chi connectivity index (χ3v) is 3.61. The maximum Gasteiger partial charge on any atom is 0.405 e. The van der Waals surface area contributed by atoms with E-state index in [0.717, 1.165) is 18.7 Å². The zero-order valence-corrected chi connectivity index (χ0v) is 12.2. The van der Waals surface area contributed by atoms with Gasteiger partial charge in [-0.1, -0.05) is 30.3 Å². The fourth-order valence-electron chi connectivity index (χ4n) is 2.38. The summed E-state index contributed by atoms with van der Waals surface area (Å²) in [4.78, 5) is 27.5. The second-order valence-electron chi connectivity index (χ2n) is 5.24. The van der Waals surface area contributed by atoms with Crippen molar-refractivity contribution in [3.8, 4) is 0 Å². The van der Waals surface area contributed by atoms with Crippen molar-refractivity contribution < 1.29 is 14.3 Å². The van der Waals surface area contributed by atoms with Gasteiger partial charge < -0.3 is 20.3 Å². The second kappa shape index (κ2) is 7.08. The van der Waals surface area contributed by atoms with Crippen LogP contribution in [-0.2, 0) is 16.0 Å². The number of ether oxygens (including phenoxy) is 1. The van der Waals surface area contributed by atoms with E-state index in [2.05, 4.69) is 4.90 Å². The summed E-state index contributed by atoms with van der Waals surface area (Å²) in [6.07, 6.45) is -1.43. The van der Waals surface area contributed by atoms with Gasteiger partial charge in [0, 0.05) is 32.6 Å². The van der Waals surface area contributed by atoms with Crippen LogP contribution in [0.1, 0.15) is 5.56 Å². The van der Waals surface area contributed by atoms with Crippen LogP contribution in [0.4, 0.5) is 4.79 Å². The van der Waals surface area contributed by atoms with Gasteiger partial charge in [0.25, 0.3) is 5.91 Å². The van der Waals surface area contributed by atoms with Gasteiger partial charge in [0.05, 0.1) is 0 Å². The Bertz CT molecular complexity index is 484. The van der Waals surface area contributed by atoms with Crippen molar-refractivity contribution in [1.29, 1.82) is 0 Å². The molecule has 1 aliphatic heterocycles. The SMILES string of the molecule is CN1CCN(C(=O)C(Cc2ccccc2)OC(N)=O)CC1. The minimum Gasteiger partial charge on any atom is -0.436 e. The molecule has 2 rings (SSSR count). The fourth-order valence-corrected chi connectivity index (χ4v) is 2.38. The topological polar surface area (TPSA) is 75.9 Å². The van der Waals surface area contributed by atoms with E-state index in [1.54, 1.807) is 4.90 Å². The molecule has 0 radical (unpaired) electrons. The first-order valence-electron chi connectivity index (χ1n) is 7.03. The van der Waals surface area contributed by atoms with E-state index >= 15 is 0 Å². The Balaban J connectivity index is 2.04. The van der Waals surface area contributed by atoms with Gasteiger partial charge >= 0.3 is 6.09 Å². The third-order valence-electron chi connectivity index (χ3n) is 3.61. The van der Waals surface area contributed by atoms with Gasteiger partial charge in [-0.25, -0.2) is 4.79 Å². The van der Waals surface area contributed by atoms with Gasteiger partial charge in [-0.2, -0.15) is 0 Å². The monoisotopic (exact) mass is 291 g/mol. The predicted molar refractivity (Wildman–Crippen MR) is 78.7 cm³/mol. The highest BCUT2D eigenvalue weighted by molar-refractivity contribution is 5.83. The van der Waals surface area contributed by atoms with Crippen LogP contribution in [-0.4, -0.2) is 61.1 Å². The molecule has 21 heavy (non-hydrogen) atoms. The lowest BCUT2D eigenvalue weighted by atomic mass is 10.1. The Hall–Kier alpha value is -2.08. The summed E-state index contributed by atoms with van der Waals surface area (Å²) in [6.45, 7) is 2.92. The molecule has 6 nitrogen and oxygen atoms in total. The van der Waals surface area contributed by atoms with Gasteiger partial charge in [-0.3, -0.25) is 4.79 Å². The first-order chi connectivity index (χ1) is 10.1. The van der Waals surface area contributed by atoms with Crippen LogP contribution in [0.2, 0.25) is 0 Å². The first-order valence-corrected chi connectivity index (χ1v) is 7.03. The summed E-state index contributed by atoms with van der Waals surface area (Å²) in [6, 6.07) is 9.47. The highest BCUT2D eigenvalue weighted by Gasteiger charge is 2.29. The number of benzene rings is 1. The molecule has 1 heterocycles. The predicted octanol–water partition coefficient (Wildman–Crippen LogP) is 0.467. The molecule has 0 saturated carbocycles. The van der Waals surface area contributed by atoms with E-state index in [4.69, 9.17) is 10.5 Å². The standard InChI is InChI=1S/C15H21N3O3/c1-17-7-9-18(10-8-17)14(19)13(21-15(16)20)11-12-5-3-2-4-6-12/h2-6,13H,7-11H2,1H3,(H2,16,20). The van der Waals surface area contributed by atoms with E-state index in [0.29, 0.717) is 19.5 Å². The molecule has 114 valence electrons. The number of carbonyl (C=O) groups excluding carboxylic acids is 2. The molecule has 0 aromatic heterocycles. The smallest absolute Gasteiger partial charge is 0.405 e. The van der Waals surface area contributed by atoms with E-state index < -0.39 is 12.2 Å². The molecule has 1 saturated heterocycles. The number of nitrogens with zero attached hydrogens (tertiary/aromatic N) is 2. The Morgan fingerprint density at radius 3 is 2.38 bits per heavy atom. The number of likely N-dealkylation sites (N-methyl/N-ethyl adjacent to an activating group) is 1. The average Bonchev–Trinajstić information content (AvgIpc) is 2.47. The Morgan fingerprint density at radius 1 is 1.19 bits per heavy atom. The molecule has 0 aliphatic carbocycles. The number of hydrogen-bond acceptors (Lipinski definition) is 4.